The highest BCUT2D eigenvalue weighted by Gasteiger charge is 2.25. The van der Waals surface area contributed by atoms with Crippen LogP contribution in [0.5, 0.6) is 5.75 Å². The van der Waals surface area contributed by atoms with E-state index in [4.69, 9.17) is 0 Å². The van der Waals surface area contributed by atoms with Gasteiger partial charge >= 0.3 is 0 Å². The maximum atomic E-state index is 11.7. The summed E-state index contributed by atoms with van der Waals surface area (Å²) in [7, 11) is -3.29. The zero-order chi connectivity index (χ0) is 12.5. The van der Waals surface area contributed by atoms with Crippen molar-refractivity contribution < 1.29 is 13.5 Å². The van der Waals surface area contributed by atoms with Crippen molar-refractivity contribution in [2.75, 3.05) is 19.3 Å². The zero-order valence-electron chi connectivity index (χ0n) is 9.81. The van der Waals surface area contributed by atoms with Crippen LogP contribution >= 0.6 is 0 Å². The van der Waals surface area contributed by atoms with Crippen LogP contribution in [0.1, 0.15) is 24.3 Å². The van der Waals surface area contributed by atoms with E-state index in [2.05, 4.69) is 5.32 Å². The molecule has 0 aromatic heterocycles. The zero-order valence-corrected chi connectivity index (χ0v) is 10.6. The summed E-state index contributed by atoms with van der Waals surface area (Å²) in [5.74, 6) is 0.224. The van der Waals surface area contributed by atoms with E-state index in [0.717, 1.165) is 25.9 Å². The summed E-state index contributed by atoms with van der Waals surface area (Å²) in [5, 5.41) is 13.2. The standard InChI is InChI=1S/C12H17NO3S/c1-17(15,16)11-4-2-3-10(14)12(11)9-5-7-13-8-6-9/h2-4,9,13-14H,5-8H2,1H3. The minimum atomic E-state index is -3.29. The first-order chi connectivity index (χ1) is 8.00. The smallest absolute Gasteiger partial charge is 0.175 e. The molecule has 0 unspecified atom stereocenters. The largest absolute Gasteiger partial charge is 0.508 e. The second-order valence-electron chi connectivity index (χ2n) is 4.49. The molecular weight excluding hydrogens is 238 g/mol. The molecule has 4 nitrogen and oxygen atoms in total. The Kier molecular flexibility index (Phi) is 3.40. The third-order valence-electron chi connectivity index (χ3n) is 3.19. The molecule has 1 aromatic rings. The van der Waals surface area contributed by atoms with Crippen LogP contribution in [0.25, 0.3) is 0 Å². The van der Waals surface area contributed by atoms with Gasteiger partial charge in [-0.25, -0.2) is 8.42 Å². The number of hydrogen-bond acceptors (Lipinski definition) is 4. The van der Waals surface area contributed by atoms with E-state index >= 15 is 0 Å². The molecule has 5 heteroatoms. The molecule has 17 heavy (non-hydrogen) atoms. The van der Waals surface area contributed by atoms with Gasteiger partial charge in [-0.3, -0.25) is 0 Å². The molecule has 1 aromatic carbocycles. The van der Waals surface area contributed by atoms with Gasteiger partial charge < -0.3 is 10.4 Å². The predicted octanol–water partition coefficient (Wildman–Crippen LogP) is 1.26. The molecule has 1 heterocycles. The summed E-state index contributed by atoms with van der Waals surface area (Å²) in [4.78, 5) is 0.268. The lowest BCUT2D eigenvalue weighted by atomic mass is 9.89. The van der Waals surface area contributed by atoms with Gasteiger partial charge in [0.2, 0.25) is 0 Å². The van der Waals surface area contributed by atoms with E-state index in [1.807, 2.05) is 0 Å². The third kappa shape index (κ3) is 2.61. The molecule has 0 amide bonds. The first kappa shape index (κ1) is 12.4. The molecule has 1 aliphatic rings. The van der Waals surface area contributed by atoms with Crippen molar-refractivity contribution in [3.05, 3.63) is 23.8 Å². The summed E-state index contributed by atoms with van der Waals surface area (Å²) in [5.41, 5.74) is 0.594. The van der Waals surface area contributed by atoms with Gasteiger partial charge in [0.05, 0.1) is 4.90 Å². The van der Waals surface area contributed by atoms with Gasteiger partial charge in [0, 0.05) is 11.8 Å². The van der Waals surface area contributed by atoms with Gasteiger partial charge in [0.25, 0.3) is 0 Å². The molecule has 0 radical (unpaired) electrons. The van der Waals surface area contributed by atoms with Crippen LogP contribution in [0.15, 0.2) is 23.1 Å². The molecule has 1 aliphatic heterocycles. The van der Waals surface area contributed by atoms with Crippen LogP contribution in [-0.2, 0) is 9.84 Å². The molecule has 94 valence electrons. The Bertz CT molecular complexity index is 504. The van der Waals surface area contributed by atoms with Gasteiger partial charge in [0.1, 0.15) is 5.75 Å². The van der Waals surface area contributed by atoms with Crippen LogP contribution < -0.4 is 5.32 Å². The summed E-state index contributed by atoms with van der Waals surface area (Å²) >= 11 is 0. The number of hydrogen-bond donors (Lipinski definition) is 2. The molecule has 0 aliphatic carbocycles. The first-order valence-electron chi connectivity index (χ1n) is 5.73. The van der Waals surface area contributed by atoms with Crippen LogP contribution in [0, 0.1) is 0 Å². The minimum absolute atomic E-state index is 0.0971. The third-order valence-corrected chi connectivity index (χ3v) is 4.34. The Morgan fingerprint density at radius 2 is 1.94 bits per heavy atom. The summed E-state index contributed by atoms with van der Waals surface area (Å²) < 4.78 is 23.4. The molecule has 2 N–H and O–H groups in total. The maximum absolute atomic E-state index is 11.7. The number of sulfone groups is 1. The number of phenols is 1. The second kappa shape index (κ2) is 4.66. The van der Waals surface area contributed by atoms with Gasteiger partial charge in [-0.2, -0.15) is 0 Å². The van der Waals surface area contributed by atoms with E-state index < -0.39 is 9.84 Å². The number of phenolic OH excluding ortho intramolecular Hbond substituents is 1. The van der Waals surface area contributed by atoms with Crippen molar-refractivity contribution in [2.45, 2.75) is 23.7 Å². The van der Waals surface area contributed by atoms with E-state index in [1.165, 1.54) is 6.26 Å². The Balaban J connectivity index is 2.50. The normalized spacial score (nSPS) is 18.2. The second-order valence-corrected chi connectivity index (χ2v) is 6.47. The summed E-state index contributed by atoms with van der Waals surface area (Å²) in [6, 6.07) is 4.72. The fraction of sp³-hybridized carbons (Fsp3) is 0.500. The van der Waals surface area contributed by atoms with Gasteiger partial charge in [0.15, 0.2) is 9.84 Å². The Morgan fingerprint density at radius 3 is 2.53 bits per heavy atom. The van der Waals surface area contributed by atoms with Crippen molar-refractivity contribution in [3.63, 3.8) is 0 Å². The van der Waals surface area contributed by atoms with Crippen molar-refractivity contribution >= 4 is 9.84 Å². The molecule has 0 saturated carbocycles. The number of rotatable bonds is 2. The van der Waals surface area contributed by atoms with E-state index in [0.29, 0.717) is 5.56 Å². The fourth-order valence-corrected chi connectivity index (χ4v) is 3.37. The Hall–Kier alpha value is -1.07. The van der Waals surface area contributed by atoms with E-state index in [1.54, 1.807) is 18.2 Å². The fourth-order valence-electron chi connectivity index (χ4n) is 2.38. The molecule has 2 rings (SSSR count). The molecule has 0 bridgehead atoms. The van der Waals surface area contributed by atoms with Gasteiger partial charge in [-0.1, -0.05) is 6.07 Å². The van der Waals surface area contributed by atoms with Crippen molar-refractivity contribution in [3.8, 4) is 5.75 Å². The highest BCUT2D eigenvalue weighted by Crippen LogP contribution is 2.36. The highest BCUT2D eigenvalue weighted by molar-refractivity contribution is 7.90. The topological polar surface area (TPSA) is 66.4 Å². The van der Waals surface area contributed by atoms with Crippen molar-refractivity contribution in [1.82, 2.24) is 5.32 Å². The predicted molar refractivity (Wildman–Crippen MR) is 66.1 cm³/mol. The average molecular weight is 255 g/mol. The molecule has 1 saturated heterocycles. The first-order valence-corrected chi connectivity index (χ1v) is 7.62. The number of aromatic hydroxyl groups is 1. The number of nitrogens with one attached hydrogen (secondary N) is 1. The van der Waals surface area contributed by atoms with Gasteiger partial charge in [-0.05, 0) is 44.0 Å². The van der Waals surface area contributed by atoms with Gasteiger partial charge in [-0.15, -0.1) is 0 Å². The lowest BCUT2D eigenvalue weighted by Crippen LogP contribution is -2.27. The minimum Gasteiger partial charge on any atom is -0.508 e. The summed E-state index contributed by atoms with van der Waals surface area (Å²) in [6.45, 7) is 1.73. The monoisotopic (exact) mass is 255 g/mol. The number of piperidine rings is 1. The lowest BCUT2D eigenvalue weighted by molar-refractivity contribution is 0.418. The van der Waals surface area contributed by atoms with E-state index in [-0.39, 0.29) is 16.6 Å². The molecule has 0 atom stereocenters. The van der Waals surface area contributed by atoms with Crippen LogP contribution in [0.4, 0.5) is 0 Å². The molecule has 1 fully saturated rings. The average Bonchev–Trinajstić information content (AvgIpc) is 2.28. The van der Waals surface area contributed by atoms with E-state index in [9.17, 15) is 13.5 Å². The SMILES string of the molecule is CS(=O)(=O)c1cccc(O)c1C1CCNCC1. The quantitative estimate of drug-likeness (QED) is 0.835. The van der Waals surface area contributed by atoms with Crippen LogP contribution in [0.2, 0.25) is 0 Å². The Labute approximate surface area is 102 Å². The van der Waals surface area contributed by atoms with Crippen LogP contribution in [0.3, 0.4) is 0 Å². The maximum Gasteiger partial charge on any atom is 0.175 e. The van der Waals surface area contributed by atoms with Crippen molar-refractivity contribution in [1.29, 1.82) is 0 Å². The lowest BCUT2D eigenvalue weighted by Gasteiger charge is -2.25. The molecule has 0 spiro atoms. The molecular formula is C12H17NO3S. The van der Waals surface area contributed by atoms with Crippen LogP contribution in [-0.4, -0.2) is 32.9 Å². The highest BCUT2D eigenvalue weighted by atomic mass is 32.2. The van der Waals surface area contributed by atoms with Crippen molar-refractivity contribution in [2.24, 2.45) is 0 Å². The Morgan fingerprint density at radius 1 is 1.29 bits per heavy atom. The summed E-state index contributed by atoms with van der Waals surface area (Å²) in [6.07, 6.45) is 2.91. The number of benzene rings is 1.